The predicted molar refractivity (Wildman–Crippen MR) is 139 cm³/mol. The molecule has 0 bridgehead atoms. The van der Waals surface area contributed by atoms with E-state index < -0.39 is 5.60 Å². The third-order valence-corrected chi connectivity index (χ3v) is 7.40. The van der Waals surface area contributed by atoms with Crippen molar-refractivity contribution < 1.29 is 19.1 Å². The molecule has 0 heterocycles. The van der Waals surface area contributed by atoms with Crippen molar-refractivity contribution in [1.29, 1.82) is 0 Å². The second kappa shape index (κ2) is 12.1. The van der Waals surface area contributed by atoms with Gasteiger partial charge in [-0.1, -0.05) is 42.5 Å². The maximum Gasteiger partial charge on any atom is 0.410 e. The standard InChI is InChI=1S/C29H44N2O4/c1-21(12-13-22-10-8-7-9-11-22)25-20-26(25)31(28(33)35-29(2,3)4)24-16-14-23(15-17-24)30(5)19-18-27(32)34-6/h7-11,23-26H,1,12-20H2,2-6H3/t23?,24?,25-,26+/m0/s1. The smallest absolute Gasteiger partial charge is 0.410 e. The number of aryl methyl sites for hydroxylation is 1. The fraction of sp³-hybridized carbons (Fsp3) is 0.655. The molecule has 1 aromatic rings. The Morgan fingerprint density at radius 1 is 1.03 bits per heavy atom. The Kier molecular flexibility index (Phi) is 9.40. The molecular formula is C29H44N2O4. The lowest BCUT2D eigenvalue weighted by Crippen LogP contribution is -2.49. The first-order valence-corrected chi connectivity index (χ1v) is 13.1. The van der Waals surface area contributed by atoms with Crippen LogP contribution in [0.1, 0.15) is 71.3 Å². The highest BCUT2D eigenvalue weighted by atomic mass is 16.6. The van der Waals surface area contributed by atoms with Crippen LogP contribution in [-0.2, 0) is 20.7 Å². The van der Waals surface area contributed by atoms with Crippen LogP contribution in [0.15, 0.2) is 42.5 Å². The summed E-state index contributed by atoms with van der Waals surface area (Å²) < 4.78 is 10.6. The highest BCUT2D eigenvalue weighted by Gasteiger charge is 2.49. The van der Waals surface area contributed by atoms with Gasteiger partial charge in [-0.25, -0.2) is 4.79 Å². The Morgan fingerprint density at radius 2 is 1.66 bits per heavy atom. The molecule has 2 atom stereocenters. The molecule has 0 spiro atoms. The van der Waals surface area contributed by atoms with Crippen LogP contribution in [0.4, 0.5) is 4.79 Å². The Hall–Kier alpha value is -2.34. The summed E-state index contributed by atoms with van der Waals surface area (Å²) in [7, 11) is 3.51. The van der Waals surface area contributed by atoms with E-state index in [1.165, 1.54) is 18.2 Å². The van der Waals surface area contributed by atoms with Crippen molar-refractivity contribution in [3.8, 4) is 0 Å². The summed E-state index contributed by atoms with van der Waals surface area (Å²) in [5.41, 5.74) is 2.04. The number of hydrogen-bond acceptors (Lipinski definition) is 5. The van der Waals surface area contributed by atoms with Crippen LogP contribution in [-0.4, -0.2) is 66.3 Å². The van der Waals surface area contributed by atoms with E-state index >= 15 is 0 Å². The van der Waals surface area contributed by atoms with E-state index in [4.69, 9.17) is 9.47 Å². The molecule has 0 aliphatic heterocycles. The second-order valence-corrected chi connectivity index (χ2v) is 11.2. The van der Waals surface area contributed by atoms with Gasteiger partial charge in [-0.2, -0.15) is 0 Å². The van der Waals surface area contributed by atoms with E-state index in [0.29, 0.717) is 24.9 Å². The van der Waals surface area contributed by atoms with Gasteiger partial charge < -0.3 is 19.3 Å². The number of carbonyl (C=O) groups is 2. The Balaban J connectivity index is 1.58. The van der Waals surface area contributed by atoms with E-state index in [1.807, 2.05) is 31.7 Å². The van der Waals surface area contributed by atoms with Crippen molar-refractivity contribution in [3.05, 3.63) is 48.0 Å². The lowest BCUT2D eigenvalue weighted by atomic mass is 9.89. The molecule has 0 N–H and O–H groups in total. The topological polar surface area (TPSA) is 59.1 Å². The molecule has 3 rings (SSSR count). The molecule has 1 aromatic carbocycles. The molecule has 2 aliphatic carbocycles. The quantitative estimate of drug-likeness (QED) is 0.319. The summed E-state index contributed by atoms with van der Waals surface area (Å²) in [6, 6.07) is 11.3. The Bertz CT molecular complexity index is 855. The summed E-state index contributed by atoms with van der Waals surface area (Å²) in [5.74, 6) is 0.181. The van der Waals surface area contributed by atoms with Crippen molar-refractivity contribution in [2.45, 2.75) is 95.9 Å². The van der Waals surface area contributed by atoms with E-state index in [9.17, 15) is 9.59 Å². The minimum atomic E-state index is -0.519. The monoisotopic (exact) mass is 484 g/mol. The zero-order valence-corrected chi connectivity index (χ0v) is 22.3. The number of esters is 1. The summed E-state index contributed by atoms with van der Waals surface area (Å²) >= 11 is 0. The lowest BCUT2D eigenvalue weighted by Gasteiger charge is -2.40. The number of methoxy groups -OCH3 is 1. The zero-order chi connectivity index (χ0) is 25.6. The third-order valence-electron chi connectivity index (χ3n) is 7.40. The maximum absolute atomic E-state index is 13.3. The molecule has 0 radical (unpaired) electrons. The summed E-state index contributed by atoms with van der Waals surface area (Å²) in [4.78, 5) is 29.1. The summed E-state index contributed by atoms with van der Waals surface area (Å²) in [6.07, 6.45) is 7.05. The maximum atomic E-state index is 13.3. The van der Waals surface area contributed by atoms with Crippen LogP contribution in [0.3, 0.4) is 0 Å². The Labute approximate surface area is 211 Å². The van der Waals surface area contributed by atoms with Crippen molar-refractivity contribution in [1.82, 2.24) is 9.80 Å². The van der Waals surface area contributed by atoms with Gasteiger partial charge in [0.1, 0.15) is 5.60 Å². The van der Waals surface area contributed by atoms with E-state index in [0.717, 1.165) is 44.9 Å². The molecule has 6 heteroatoms. The number of carbonyl (C=O) groups excluding carboxylic acids is 2. The van der Waals surface area contributed by atoms with Crippen LogP contribution < -0.4 is 0 Å². The molecule has 0 unspecified atom stereocenters. The van der Waals surface area contributed by atoms with Gasteiger partial charge >= 0.3 is 12.1 Å². The molecule has 0 aromatic heterocycles. The van der Waals surface area contributed by atoms with Crippen LogP contribution in [0, 0.1) is 5.92 Å². The second-order valence-electron chi connectivity index (χ2n) is 11.2. The third kappa shape index (κ3) is 8.09. The summed E-state index contributed by atoms with van der Waals surface area (Å²) in [6.45, 7) is 10.9. The largest absolute Gasteiger partial charge is 0.469 e. The van der Waals surface area contributed by atoms with Crippen LogP contribution >= 0.6 is 0 Å². The van der Waals surface area contributed by atoms with Crippen molar-refractivity contribution in [2.24, 2.45) is 5.92 Å². The van der Waals surface area contributed by atoms with Crippen LogP contribution in [0.2, 0.25) is 0 Å². The fourth-order valence-electron chi connectivity index (χ4n) is 5.26. The van der Waals surface area contributed by atoms with Gasteiger partial charge in [0.15, 0.2) is 0 Å². The van der Waals surface area contributed by atoms with Crippen molar-refractivity contribution in [3.63, 3.8) is 0 Å². The Morgan fingerprint density at radius 3 is 2.26 bits per heavy atom. The van der Waals surface area contributed by atoms with E-state index in [2.05, 4.69) is 42.8 Å². The number of amides is 1. The molecule has 2 saturated carbocycles. The van der Waals surface area contributed by atoms with E-state index in [-0.39, 0.29) is 24.1 Å². The fourth-order valence-corrected chi connectivity index (χ4v) is 5.26. The number of ether oxygens (including phenoxy) is 2. The van der Waals surface area contributed by atoms with Crippen molar-refractivity contribution >= 4 is 12.1 Å². The average molecular weight is 485 g/mol. The first kappa shape index (κ1) is 27.3. The van der Waals surface area contributed by atoms with Gasteiger partial charge in [-0.05, 0) is 78.3 Å². The van der Waals surface area contributed by atoms with Gasteiger partial charge in [0.2, 0.25) is 0 Å². The zero-order valence-electron chi connectivity index (χ0n) is 22.3. The van der Waals surface area contributed by atoms with Gasteiger partial charge in [-0.15, -0.1) is 0 Å². The average Bonchev–Trinajstić information content (AvgIpc) is 3.61. The molecule has 35 heavy (non-hydrogen) atoms. The molecular weight excluding hydrogens is 440 g/mol. The van der Waals surface area contributed by atoms with Crippen molar-refractivity contribution in [2.75, 3.05) is 20.7 Å². The first-order chi connectivity index (χ1) is 16.6. The number of benzene rings is 1. The van der Waals surface area contributed by atoms with Crippen LogP contribution in [0.5, 0.6) is 0 Å². The highest BCUT2D eigenvalue weighted by molar-refractivity contribution is 5.70. The predicted octanol–water partition coefficient (Wildman–Crippen LogP) is 5.61. The number of hydrogen-bond donors (Lipinski definition) is 0. The highest BCUT2D eigenvalue weighted by Crippen LogP contribution is 2.45. The van der Waals surface area contributed by atoms with Gasteiger partial charge in [0, 0.05) is 30.6 Å². The lowest BCUT2D eigenvalue weighted by molar-refractivity contribution is -0.141. The normalized spacial score (nSPS) is 24.1. The minimum Gasteiger partial charge on any atom is -0.469 e. The van der Waals surface area contributed by atoms with Gasteiger partial charge in [0.25, 0.3) is 0 Å². The first-order valence-electron chi connectivity index (χ1n) is 13.1. The summed E-state index contributed by atoms with van der Waals surface area (Å²) in [5, 5.41) is 0. The van der Waals surface area contributed by atoms with E-state index in [1.54, 1.807) is 0 Å². The number of nitrogens with zero attached hydrogens (tertiary/aromatic N) is 2. The van der Waals surface area contributed by atoms with Gasteiger partial charge in [-0.3, -0.25) is 4.79 Å². The molecule has 194 valence electrons. The molecule has 0 saturated heterocycles. The minimum absolute atomic E-state index is 0.172. The molecule has 6 nitrogen and oxygen atoms in total. The SMILES string of the molecule is C=C(CCc1ccccc1)[C@@H]1C[C@H]1N(C(=O)OC(C)(C)C)C1CCC(N(C)CCC(=O)OC)CC1. The molecule has 2 fully saturated rings. The van der Waals surface area contributed by atoms with Gasteiger partial charge in [0.05, 0.1) is 13.5 Å². The number of rotatable bonds is 10. The molecule has 1 amide bonds. The van der Waals surface area contributed by atoms with Crippen LogP contribution in [0.25, 0.3) is 0 Å². The molecule has 2 aliphatic rings.